The molecular weight excluding hydrogens is 446 g/mol. The molecule has 0 radical (unpaired) electrons. The number of carbonyl (C=O) groups is 1. The van der Waals surface area contributed by atoms with Gasteiger partial charge in [0, 0.05) is 44.0 Å². The van der Waals surface area contributed by atoms with Crippen LogP contribution in [0.2, 0.25) is 0 Å². The zero-order chi connectivity index (χ0) is 22.9. The number of fused-ring (bicyclic) bond motifs is 1. The molecule has 0 saturated carbocycles. The van der Waals surface area contributed by atoms with Gasteiger partial charge < -0.3 is 19.7 Å². The van der Waals surface area contributed by atoms with Gasteiger partial charge in [-0.3, -0.25) is 24.7 Å². The van der Waals surface area contributed by atoms with Crippen LogP contribution in [0.4, 0.5) is 11.4 Å². The van der Waals surface area contributed by atoms with E-state index in [0.29, 0.717) is 29.0 Å². The first-order valence-corrected chi connectivity index (χ1v) is 10.8. The number of hydrogen-bond acceptors (Lipinski definition) is 8. The first-order valence-electron chi connectivity index (χ1n) is 10.4. The lowest BCUT2D eigenvalue weighted by Gasteiger charge is -2.37. The molecule has 1 amide bonds. The molecule has 10 nitrogen and oxygen atoms in total. The molecule has 170 valence electrons. The maximum Gasteiger partial charge on any atom is 0.277 e. The topological polar surface area (TPSA) is 100 Å². The molecule has 11 heteroatoms. The predicted octanol–water partition coefficient (Wildman–Crippen LogP) is 2.16. The van der Waals surface area contributed by atoms with Crippen LogP contribution in [-0.4, -0.2) is 65.4 Å². The van der Waals surface area contributed by atoms with Crippen molar-refractivity contribution in [3.05, 3.63) is 63.8 Å². The van der Waals surface area contributed by atoms with Crippen molar-refractivity contribution >= 4 is 40.7 Å². The van der Waals surface area contributed by atoms with E-state index >= 15 is 0 Å². The molecule has 3 heterocycles. The van der Waals surface area contributed by atoms with Gasteiger partial charge in [0.15, 0.2) is 16.6 Å². The third-order valence-electron chi connectivity index (χ3n) is 5.81. The number of thiocarbonyl (C=S) groups is 1. The van der Waals surface area contributed by atoms with E-state index in [1.165, 1.54) is 12.1 Å². The second-order valence-electron chi connectivity index (χ2n) is 7.85. The molecular formula is C22H21N5O5S. The number of nitro benzene ring substituents is 1. The van der Waals surface area contributed by atoms with Gasteiger partial charge in [-0.05, 0) is 48.1 Å². The largest absolute Gasteiger partial charge is 0.454 e. The highest BCUT2D eigenvalue weighted by Gasteiger charge is 2.32. The number of ether oxygens (including phenoxy) is 2. The number of anilines is 1. The van der Waals surface area contributed by atoms with Gasteiger partial charge in [0.25, 0.3) is 11.6 Å². The molecule has 2 aromatic carbocycles. The number of carbonyl (C=O) groups excluding carboxylic acids is 1. The summed E-state index contributed by atoms with van der Waals surface area (Å²) in [6.07, 6.45) is 1.75. The number of benzene rings is 2. The van der Waals surface area contributed by atoms with Gasteiger partial charge in [-0.2, -0.15) is 0 Å². The lowest BCUT2D eigenvalue weighted by Crippen LogP contribution is -2.51. The summed E-state index contributed by atoms with van der Waals surface area (Å²) in [5.41, 5.74) is 2.26. The number of hydrogen-bond donors (Lipinski definition) is 1. The Balaban J connectivity index is 1.19. The minimum Gasteiger partial charge on any atom is -0.454 e. The van der Waals surface area contributed by atoms with E-state index in [2.05, 4.69) is 15.1 Å². The minimum absolute atomic E-state index is 0.0792. The molecule has 3 aliphatic rings. The minimum atomic E-state index is -0.402. The quantitative estimate of drug-likeness (QED) is 0.307. The van der Waals surface area contributed by atoms with Crippen LogP contribution in [0.3, 0.4) is 0 Å². The first-order chi connectivity index (χ1) is 16.0. The number of amides is 1. The van der Waals surface area contributed by atoms with E-state index in [9.17, 15) is 14.9 Å². The van der Waals surface area contributed by atoms with Crippen molar-refractivity contribution in [2.24, 2.45) is 0 Å². The Morgan fingerprint density at radius 1 is 1.06 bits per heavy atom. The molecule has 3 aliphatic heterocycles. The second kappa shape index (κ2) is 8.68. The van der Waals surface area contributed by atoms with Crippen LogP contribution in [0.15, 0.2) is 48.2 Å². The van der Waals surface area contributed by atoms with Gasteiger partial charge in [0.2, 0.25) is 6.79 Å². The summed E-state index contributed by atoms with van der Waals surface area (Å²) >= 11 is 5.41. The number of non-ortho nitro benzene ring substituents is 1. The van der Waals surface area contributed by atoms with Crippen LogP contribution in [0.5, 0.6) is 11.5 Å². The Labute approximate surface area is 195 Å². The van der Waals surface area contributed by atoms with Gasteiger partial charge in [-0.15, -0.1) is 0 Å². The molecule has 0 aromatic heterocycles. The Kier molecular flexibility index (Phi) is 5.56. The maximum atomic E-state index is 13.0. The van der Waals surface area contributed by atoms with Crippen molar-refractivity contribution in [3.63, 3.8) is 0 Å². The fraction of sp³-hybridized carbons (Fsp3) is 0.273. The van der Waals surface area contributed by atoms with Gasteiger partial charge >= 0.3 is 0 Å². The molecule has 2 fully saturated rings. The Hall–Kier alpha value is -3.70. The smallest absolute Gasteiger partial charge is 0.277 e. The first kappa shape index (κ1) is 21.2. The molecule has 1 N–H and O–H groups in total. The molecule has 2 aromatic rings. The normalized spacial score (nSPS) is 19.3. The number of nitrogens with one attached hydrogen (secondary N) is 1. The summed E-state index contributed by atoms with van der Waals surface area (Å²) < 4.78 is 10.7. The number of rotatable bonds is 5. The van der Waals surface area contributed by atoms with Crippen molar-refractivity contribution in [3.8, 4) is 11.5 Å². The lowest BCUT2D eigenvalue weighted by molar-refractivity contribution is -0.384. The molecule has 0 atom stereocenters. The van der Waals surface area contributed by atoms with Crippen LogP contribution in [0.1, 0.15) is 5.56 Å². The number of piperazine rings is 1. The zero-order valence-electron chi connectivity index (χ0n) is 17.6. The highest BCUT2D eigenvalue weighted by Crippen LogP contribution is 2.33. The van der Waals surface area contributed by atoms with Crippen LogP contribution in [0, 0.1) is 10.1 Å². The van der Waals surface area contributed by atoms with Gasteiger partial charge in [-0.25, -0.2) is 0 Å². The summed E-state index contributed by atoms with van der Waals surface area (Å²) in [6, 6.07) is 12.1. The van der Waals surface area contributed by atoms with Gasteiger partial charge in [0.1, 0.15) is 5.70 Å². The molecule has 0 unspecified atom stereocenters. The van der Waals surface area contributed by atoms with Crippen molar-refractivity contribution in [1.82, 2.24) is 15.1 Å². The summed E-state index contributed by atoms with van der Waals surface area (Å²) in [5.74, 6) is 1.17. The van der Waals surface area contributed by atoms with E-state index in [4.69, 9.17) is 21.7 Å². The van der Waals surface area contributed by atoms with Gasteiger partial charge in [-0.1, -0.05) is 6.07 Å². The van der Waals surface area contributed by atoms with E-state index < -0.39 is 4.92 Å². The molecule has 5 rings (SSSR count). The number of nitro groups is 1. The summed E-state index contributed by atoms with van der Waals surface area (Å²) in [4.78, 5) is 29.3. The highest BCUT2D eigenvalue weighted by atomic mass is 32.1. The Morgan fingerprint density at radius 2 is 1.79 bits per heavy atom. The zero-order valence-corrected chi connectivity index (χ0v) is 18.4. The van der Waals surface area contributed by atoms with Gasteiger partial charge in [0.05, 0.1) is 11.6 Å². The standard InChI is InChI=1S/C22H21N5O5S/c28-21-18(11-15-1-6-19-20(12-15)32-14-31-19)23-22(33)26(21)13-24-7-9-25(10-8-24)16-2-4-17(5-3-16)27(29)30/h1-6,11-12H,7-10,13-14H2,(H,23,33). The average Bonchev–Trinajstić information content (AvgIpc) is 3.39. The molecule has 0 bridgehead atoms. The molecule has 33 heavy (non-hydrogen) atoms. The molecule has 0 aliphatic carbocycles. The summed E-state index contributed by atoms with van der Waals surface area (Å²) in [5, 5.41) is 14.2. The van der Waals surface area contributed by atoms with E-state index in [0.717, 1.165) is 37.4 Å². The van der Waals surface area contributed by atoms with Crippen molar-refractivity contribution in [1.29, 1.82) is 0 Å². The van der Waals surface area contributed by atoms with Crippen LogP contribution in [-0.2, 0) is 4.79 Å². The van der Waals surface area contributed by atoms with Crippen molar-refractivity contribution in [2.45, 2.75) is 0 Å². The third-order valence-corrected chi connectivity index (χ3v) is 6.13. The van der Waals surface area contributed by atoms with Crippen LogP contribution >= 0.6 is 12.2 Å². The lowest BCUT2D eigenvalue weighted by atomic mass is 10.1. The third kappa shape index (κ3) is 4.32. The Bertz CT molecular complexity index is 1140. The predicted molar refractivity (Wildman–Crippen MR) is 125 cm³/mol. The number of nitrogens with zero attached hydrogens (tertiary/aromatic N) is 4. The maximum absolute atomic E-state index is 13.0. The monoisotopic (exact) mass is 467 g/mol. The fourth-order valence-corrected chi connectivity index (χ4v) is 4.25. The van der Waals surface area contributed by atoms with E-state index in [1.807, 2.05) is 18.2 Å². The van der Waals surface area contributed by atoms with Crippen LogP contribution in [0.25, 0.3) is 6.08 Å². The summed E-state index contributed by atoms with van der Waals surface area (Å²) in [7, 11) is 0. The van der Waals surface area contributed by atoms with Crippen molar-refractivity contribution < 1.29 is 19.2 Å². The molecule has 2 saturated heterocycles. The van der Waals surface area contributed by atoms with E-state index in [-0.39, 0.29) is 18.4 Å². The average molecular weight is 468 g/mol. The van der Waals surface area contributed by atoms with Crippen molar-refractivity contribution in [2.75, 3.05) is 44.5 Å². The summed E-state index contributed by atoms with van der Waals surface area (Å²) in [6.45, 7) is 3.58. The fourth-order valence-electron chi connectivity index (χ4n) is 4.00. The SMILES string of the molecule is O=C1C(=Cc2ccc3c(c2)OCO3)NC(=S)N1CN1CCN(c2ccc([N+](=O)[O-])cc2)CC1. The van der Waals surface area contributed by atoms with E-state index in [1.54, 1.807) is 23.1 Å². The highest BCUT2D eigenvalue weighted by molar-refractivity contribution is 7.80. The molecule has 0 spiro atoms. The Morgan fingerprint density at radius 3 is 2.52 bits per heavy atom. The second-order valence-corrected chi connectivity index (χ2v) is 8.24. The van der Waals surface area contributed by atoms with Crippen LogP contribution < -0.4 is 19.7 Å².